The van der Waals surface area contributed by atoms with E-state index in [2.05, 4.69) is 19.9 Å². The molecule has 2 rings (SSSR count). The summed E-state index contributed by atoms with van der Waals surface area (Å²) in [6.45, 7) is 0. The number of ether oxygens (including phenoxy) is 1. The SMILES string of the molecule is COc1ccccc1/N=C/c1ncncn1. The van der Waals surface area contributed by atoms with E-state index in [1.165, 1.54) is 12.7 Å². The van der Waals surface area contributed by atoms with Crippen LogP contribution in [0.4, 0.5) is 5.69 Å². The van der Waals surface area contributed by atoms with E-state index in [1.807, 2.05) is 24.3 Å². The Labute approximate surface area is 92.9 Å². The van der Waals surface area contributed by atoms with E-state index in [0.29, 0.717) is 11.6 Å². The largest absolute Gasteiger partial charge is 0.494 e. The fourth-order valence-electron chi connectivity index (χ4n) is 1.18. The minimum atomic E-state index is 0.515. The van der Waals surface area contributed by atoms with Gasteiger partial charge in [-0.15, -0.1) is 0 Å². The Morgan fingerprint density at radius 1 is 1.19 bits per heavy atom. The van der Waals surface area contributed by atoms with Crippen LogP contribution in [0.5, 0.6) is 5.75 Å². The number of rotatable bonds is 3. The van der Waals surface area contributed by atoms with Crippen molar-refractivity contribution in [2.24, 2.45) is 4.99 Å². The zero-order chi connectivity index (χ0) is 11.2. The van der Waals surface area contributed by atoms with Crippen LogP contribution in [-0.2, 0) is 0 Å². The molecule has 80 valence electrons. The first-order valence-corrected chi connectivity index (χ1v) is 4.69. The first-order chi connectivity index (χ1) is 7.90. The van der Waals surface area contributed by atoms with Crippen LogP contribution in [0, 0.1) is 0 Å². The van der Waals surface area contributed by atoms with Crippen LogP contribution >= 0.6 is 0 Å². The van der Waals surface area contributed by atoms with E-state index in [4.69, 9.17) is 4.74 Å². The predicted molar refractivity (Wildman–Crippen MR) is 60.1 cm³/mol. The second-order valence-corrected chi connectivity index (χ2v) is 2.93. The van der Waals surface area contributed by atoms with Gasteiger partial charge in [-0.3, -0.25) is 0 Å². The number of benzene rings is 1. The maximum atomic E-state index is 5.17. The molecule has 0 amide bonds. The lowest BCUT2D eigenvalue weighted by atomic mass is 10.3. The molecule has 0 N–H and O–H groups in total. The van der Waals surface area contributed by atoms with Gasteiger partial charge < -0.3 is 4.74 Å². The number of aliphatic imine (C=N–C) groups is 1. The maximum Gasteiger partial charge on any atom is 0.173 e. The highest BCUT2D eigenvalue weighted by molar-refractivity contribution is 5.78. The van der Waals surface area contributed by atoms with Gasteiger partial charge in [-0.25, -0.2) is 19.9 Å². The number of nitrogens with zero attached hydrogens (tertiary/aromatic N) is 4. The molecule has 1 heterocycles. The maximum absolute atomic E-state index is 5.17. The first-order valence-electron chi connectivity index (χ1n) is 4.69. The molecule has 0 unspecified atom stereocenters. The van der Waals surface area contributed by atoms with E-state index >= 15 is 0 Å². The molecule has 0 bridgehead atoms. The van der Waals surface area contributed by atoms with Crippen LogP contribution in [0.1, 0.15) is 5.82 Å². The second kappa shape index (κ2) is 4.97. The fraction of sp³-hybridized carbons (Fsp3) is 0.0909. The molecule has 0 atom stereocenters. The average Bonchev–Trinajstić information content (AvgIpc) is 2.38. The molecule has 0 saturated heterocycles. The summed E-state index contributed by atoms with van der Waals surface area (Å²) in [7, 11) is 1.61. The molecule has 0 fully saturated rings. The van der Waals surface area contributed by atoms with E-state index in [9.17, 15) is 0 Å². The van der Waals surface area contributed by atoms with Crippen molar-refractivity contribution in [2.75, 3.05) is 7.11 Å². The third-order valence-electron chi connectivity index (χ3n) is 1.92. The van der Waals surface area contributed by atoms with Gasteiger partial charge in [-0.2, -0.15) is 0 Å². The van der Waals surface area contributed by atoms with Crippen molar-refractivity contribution in [2.45, 2.75) is 0 Å². The van der Waals surface area contributed by atoms with Crippen molar-refractivity contribution < 1.29 is 4.74 Å². The lowest BCUT2D eigenvalue weighted by Gasteiger charge is -2.01. The summed E-state index contributed by atoms with van der Waals surface area (Å²) in [5, 5.41) is 0. The Morgan fingerprint density at radius 3 is 2.69 bits per heavy atom. The summed E-state index contributed by atoms with van der Waals surface area (Å²) in [6.07, 6.45) is 4.42. The van der Waals surface area contributed by atoms with Crippen molar-refractivity contribution in [3.05, 3.63) is 42.7 Å². The number of methoxy groups -OCH3 is 1. The normalized spacial score (nSPS) is 10.6. The topological polar surface area (TPSA) is 60.3 Å². The van der Waals surface area contributed by atoms with Crippen molar-refractivity contribution in [3.63, 3.8) is 0 Å². The molecule has 0 saturated carbocycles. The summed E-state index contributed by atoms with van der Waals surface area (Å²) < 4.78 is 5.17. The zero-order valence-electron chi connectivity index (χ0n) is 8.74. The van der Waals surface area contributed by atoms with Crippen molar-refractivity contribution in [3.8, 4) is 5.75 Å². The molecule has 5 heteroatoms. The number of hydrogen-bond donors (Lipinski definition) is 0. The van der Waals surface area contributed by atoms with Gasteiger partial charge in [0.15, 0.2) is 5.82 Å². The van der Waals surface area contributed by atoms with Crippen molar-refractivity contribution in [1.29, 1.82) is 0 Å². The standard InChI is InChI=1S/C11H10N4O/c1-16-10-5-3-2-4-9(10)13-6-11-14-7-12-8-15-11/h2-8H,1H3/b13-6+. The summed E-state index contributed by atoms with van der Waals surface area (Å²) in [5.74, 6) is 1.23. The summed E-state index contributed by atoms with van der Waals surface area (Å²) in [5.41, 5.74) is 0.741. The van der Waals surface area contributed by atoms with E-state index in [1.54, 1.807) is 13.3 Å². The van der Waals surface area contributed by atoms with Crippen LogP contribution < -0.4 is 4.74 Å². The van der Waals surface area contributed by atoms with Gasteiger partial charge >= 0.3 is 0 Å². The molecule has 0 aliphatic rings. The lowest BCUT2D eigenvalue weighted by Crippen LogP contribution is -1.92. The average molecular weight is 214 g/mol. The fourth-order valence-corrected chi connectivity index (χ4v) is 1.18. The molecule has 5 nitrogen and oxygen atoms in total. The highest BCUT2D eigenvalue weighted by Crippen LogP contribution is 2.25. The highest BCUT2D eigenvalue weighted by atomic mass is 16.5. The molecule has 0 aliphatic heterocycles. The summed E-state index contributed by atoms with van der Waals surface area (Å²) in [4.78, 5) is 15.8. The molecular formula is C11H10N4O. The summed E-state index contributed by atoms with van der Waals surface area (Å²) in [6, 6.07) is 7.49. The van der Waals surface area contributed by atoms with E-state index < -0.39 is 0 Å². The molecule has 1 aromatic carbocycles. The molecule has 1 aromatic heterocycles. The number of para-hydroxylation sites is 2. The first kappa shape index (κ1) is 10.2. The lowest BCUT2D eigenvalue weighted by molar-refractivity contribution is 0.416. The monoisotopic (exact) mass is 214 g/mol. The van der Waals surface area contributed by atoms with E-state index in [-0.39, 0.29) is 0 Å². The number of aromatic nitrogens is 3. The van der Waals surface area contributed by atoms with Crippen LogP contribution in [0.25, 0.3) is 0 Å². The smallest absolute Gasteiger partial charge is 0.173 e. The number of hydrogen-bond acceptors (Lipinski definition) is 5. The minimum Gasteiger partial charge on any atom is -0.494 e. The molecule has 0 spiro atoms. The third-order valence-corrected chi connectivity index (χ3v) is 1.92. The highest BCUT2D eigenvalue weighted by Gasteiger charge is 1.98. The summed E-state index contributed by atoms with van der Waals surface area (Å²) >= 11 is 0. The predicted octanol–water partition coefficient (Wildman–Crippen LogP) is 1.63. The van der Waals surface area contributed by atoms with Crippen LogP contribution in [-0.4, -0.2) is 28.3 Å². The van der Waals surface area contributed by atoms with Gasteiger partial charge in [0.2, 0.25) is 0 Å². The quantitative estimate of drug-likeness (QED) is 0.728. The Hall–Kier alpha value is -2.30. The molecule has 16 heavy (non-hydrogen) atoms. The zero-order valence-corrected chi connectivity index (χ0v) is 8.74. The van der Waals surface area contributed by atoms with E-state index in [0.717, 1.165) is 5.69 Å². The van der Waals surface area contributed by atoms with Gasteiger partial charge in [-0.1, -0.05) is 12.1 Å². The molecule has 0 aliphatic carbocycles. The van der Waals surface area contributed by atoms with Crippen molar-refractivity contribution >= 4 is 11.9 Å². The molecule has 0 radical (unpaired) electrons. The van der Waals surface area contributed by atoms with Gasteiger partial charge in [0, 0.05) is 0 Å². The Balaban J connectivity index is 2.24. The molecule has 2 aromatic rings. The van der Waals surface area contributed by atoms with Crippen LogP contribution in [0.3, 0.4) is 0 Å². The van der Waals surface area contributed by atoms with Gasteiger partial charge in [0.25, 0.3) is 0 Å². The van der Waals surface area contributed by atoms with Crippen LogP contribution in [0.2, 0.25) is 0 Å². The van der Waals surface area contributed by atoms with Gasteiger partial charge in [-0.05, 0) is 12.1 Å². The Kier molecular flexibility index (Phi) is 3.18. The third kappa shape index (κ3) is 2.38. The van der Waals surface area contributed by atoms with Crippen molar-refractivity contribution in [1.82, 2.24) is 15.0 Å². The Bertz CT molecular complexity index is 484. The Morgan fingerprint density at radius 2 is 1.94 bits per heavy atom. The molecular weight excluding hydrogens is 204 g/mol. The second-order valence-electron chi connectivity index (χ2n) is 2.93. The van der Waals surface area contributed by atoms with Crippen LogP contribution in [0.15, 0.2) is 41.9 Å². The van der Waals surface area contributed by atoms with Gasteiger partial charge in [0.1, 0.15) is 24.1 Å². The van der Waals surface area contributed by atoms with Gasteiger partial charge in [0.05, 0.1) is 13.3 Å². The minimum absolute atomic E-state index is 0.515.